The number of hydrogen-bond donors (Lipinski definition) is 2. The van der Waals surface area contributed by atoms with E-state index in [1.54, 1.807) is 16.2 Å². The molecule has 5 nitrogen and oxygen atoms in total. The van der Waals surface area contributed by atoms with Crippen molar-refractivity contribution in [3.63, 3.8) is 0 Å². The highest BCUT2D eigenvalue weighted by Crippen LogP contribution is 2.25. The lowest BCUT2D eigenvalue weighted by Crippen LogP contribution is -2.53. The van der Waals surface area contributed by atoms with Gasteiger partial charge in [-0.15, -0.1) is 11.3 Å². The number of hydrogen-bond acceptors (Lipinski definition) is 5. The Morgan fingerprint density at radius 2 is 2.09 bits per heavy atom. The number of thiophene rings is 1. The predicted molar refractivity (Wildman–Crippen MR) is 91.0 cm³/mol. The molecule has 3 N–H and O–H groups in total. The van der Waals surface area contributed by atoms with Gasteiger partial charge in [0.2, 0.25) is 0 Å². The van der Waals surface area contributed by atoms with Gasteiger partial charge in [0.1, 0.15) is 5.60 Å². The molecular formula is C16H27N3O2S. The molecule has 0 unspecified atom stereocenters. The van der Waals surface area contributed by atoms with Gasteiger partial charge in [0.25, 0.3) is 0 Å². The van der Waals surface area contributed by atoms with Crippen molar-refractivity contribution < 1.29 is 9.53 Å². The summed E-state index contributed by atoms with van der Waals surface area (Å²) >= 11 is 1.68. The Hall–Kier alpha value is -1.27. The number of anilines is 1. The number of nitrogen functional groups attached to an aromatic ring is 1. The van der Waals surface area contributed by atoms with Crippen LogP contribution in [0.1, 0.15) is 45.4 Å². The summed E-state index contributed by atoms with van der Waals surface area (Å²) in [4.78, 5) is 15.1. The number of nitrogens with zero attached hydrogens (tertiary/aromatic N) is 1. The Morgan fingerprint density at radius 3 is 2.59 bits per heavy atom. The first-order valence-corrected chi connectivity index (χ1v) is 8.61. The van der Waals surface area contributed by atoms with E-state index in [-0.39, 0.29) is 11.6 Å². The van der Waals surface area contributed by atoms with E-state index in [0.717, 1.165) is 38.2 Å². The highest BCUT2D eigenvalue weighted by molar-refractivity contribution is 7.10. The highest BCUT2D eigenvalue weighted by atomic mass is 32.1. The first kappa shape index (κ1) is 17.1. The fourth-order valence-electron chi connectivity index (χ4n) is 2.47. The second-order valence-corrected chi connectivity index (χ2v) is 8.18. The van der Waals surface area contributed by atoms with E-state index in [0.29, 0.717) is 0 Å². The van der Waals surface area contributed by atoms with E-state index in [1.807, 2.05) is 32.2 Å². The summed E-state index contributed by atoms with van der Waals surface area (Å²) in [6, 6.07) is 1.94. The van der Waals surface area contributed by atoms with Crippen molar-refractivity contribution in [3.8, 4) is 0 Å². The summed E-state index contributed by atoms with van der Waals surface area (Å²) in [5.41, 5.74) is 6.37. The molecule has 2 heterocycles. The van der Waals surface area contributed by atoms with Crippen LogP contribution in [0.25, 0.3) is 0 Å². The molecule has 0 bridgehead atoms. The van der Waals surface area contributed by atoms with Crippen LogP contribution in [0.15, 0.2) is 11.4 Å². The van der Waals surface area contributed by atoms with E-state index in [4.69, 9.17) is 10.5 Å². The van der Waals surface area contributed by atoms with Crippen molar-refractivity contribution in [3.05, 3.63) is 16.3 Å². The molecule has 0 aromatic carbocycles. The molecule has 22 heavy (non-hydrogen) atoms. The van der Waals surface area contributed by atoms with Gasteiger partial charge in [-0.2, -0.15) is 0 Å². The van der Waals surface area contributed by atoms with Crippen molar-refractivity contribution in [2.45, 2.75) is 58.2 Å². The Kier molecular flexibility index (Phi) is 5.02. The van der Waals surface area contributed by atoms with Gasteiger partial charge in [0.05, 0.1) is 0 Å². The summed E-state index contributed by atoms with van der Waals surface area (Å²) < 4.78 is 5.43. The van der Waals surface area contributed by atoms with E-state index >= 15 is 0 Å². The zero-order valence-corrected chi connectivity index (χ0v) is 14.8. The molecule has 0 spiro atoms. The van der Waals surface area contributed by atoms with E-state index < -0.39 is 5.60 Å². The Balaban J connectivity index is 1.83. The van der Waals surface area contributed by atoms with Gasteiger partial charge in [-0.05, 0) is 52.0 Å². The van der Waals surface area contributed by atoms with Crippen molar-refractivity contribution in [2.24, 2.45) is 0 Å². The molecule has 0 radical (unpaired) electrons. The lowest BCUT2D eigenvalue weighted by Gasteiger charge is -2.40. The molecule has 1 aromatic rings. The molecule has 0 atom stereocenters. The van der Waals surface area contributed by atoms with Crippen LogP contribution in [0.3, 0.4) is 0 Å². The minimum atomic E-state index is -0.438. The van der Waals surface area contributed by atoms with Gasteiger partial charge in [0.15, 0.2) is 0 Å². The minimum absolute atomic E-state index is 0.0366. The topological polar surface area (TPSA) is 67.6 Å². The molecule has 1 aliphatic heterocycles. The lowest BCUT2D eigenvalue weighted by molar-refractivity contribution is 0.0157. The molecule has 6 heteroatoms. The summed E-state index contributed by atoms with van der Waals surface area (Å²) in [5.74, 6) is 0. The van der Waals surface area contributed by atoms with Crippen LogP contribution in [0.5, 0.6) is 0 Å². The number of nitrogens with one attached hydrogen (secondary N) is 1. The molecule has 2 rings (SSSR count). The van der Waals surface area contributed by atoms with Crippen LogP contribution in [0, 0.1) is 0 Å². The zero-order valence-electron chi connectivity index (χ0n) is 13.9. The average Bonchev–Trinajstić information content (AvgIpc) is 2.81. The number of amides is 1. The van der Waals surface area contributed by atoms with Crippen LogP contribution < -0.4 is 11.1 Å². The number of likely N-dealkylation sites (tertiary alicyclic amines) is 1. The molecule has 1 aromatic heterocycles. The fraction of sp³-hybridized carbons (Fsp3) is 0.688. The third kappa shape index (κ3) is 4.61. The summed E-state index contributed by atoms with van der Waals surface area (Å²) in [7, 11) is 0. The molecule has 1 saturated heterocycles. The number of carbonyl (C=O) groups excluding carboxylic acids is 1. The van der Waals surface area contributed by atoms with Gasteiger partial charge >= 0.3 is 6.09 Å². The van der Waals surface area contributed by atoms with Gasteiger partial charge in [0, 0.05) is 35.7 Å². The number of piperidine rings is 1. The first-order chi connectivity index (χ1) is 10.2. The summed E-state index contributed by atoms with van der Waals surface area (Å²) in [6.45, 7) is 10.1. The van der Waals surface area contributed by atoms with Crippen LogP contribution in [0.4, 0.5) is 10.5 Å². The molecule has 1 fully saturated rings. The highest BCUT2D eigenvalue weighted by Gasteiger charge is 2.33. The summed E-state index contributed by atoms with van der Waals surface area (Å²) in [6.07, 6.45) is 1.62. The Labute approximate surface area is 136 Å². The van der Waals surface area contributed by atoms with Gasteiger partial charge in [-0.1, -0.05) is 0 Å². The normalized spacial score (nSPS) is 18.3. The standard InChI is InChI=1S/C16H27N3O2S/c1-15(2,3)21-14(20)19-8-6-16(4,7-9-19)18-11-13-12(17)5-10-22-13/h5,10,18H,6-9,11,17H2,1-4H3. The largest absolute Gasteiger partial charge is 0.444 e. The van der Waals surface area contributed by atoms with Crippen molar-refractivity contribution in [1.82, 2.24) is 10.2 Å². The number of ether oxygens (including phenoxy) is 1. The SMILES string of the molecule is CC1(NCc2sccc2N)CCN(C(=O)OC(C)(C)C)CC1. The monoisotopic (exact) mass is 325 g/mol. The maximum absolute atomic E-state index is 12.1. The number of rotatable bonds is 3. The number of carbonyl (C=O) groups is 1. The molecule has 0 aliphatic carbocycles. The van der Waals surface area contributed by atoms with E-state index in [9.17, 15) is 4.79 Å². The van der Waals surface area contributed by atoms with Gasteiger partial charge in [-0.3, -0.25) is 0 Å². The first-order valence-electron chi connectivity index (χ1n) is 7.73. The maximum atomic E-state index is 12.1. The van der Waals surface area contributed by atoms with Gasteiger partial charge in [-0.25, -0.2) is 4.79 Å². The Bertz CT molecular complexity index is 514. The quantitative estimate of drug-likeness (QED) is 0.895. The van der Waals surface area contributed by atoms with E-state index in [2.05, 4.69) is 12.2 Å². The van der Waals surface area contributed by atoms with Crippen molar-refractivity contribution >= 4 is 23.1 Å². The third-order valence-electron chi connectivity index (χ3n) is 3.97. The lowest BCUT2D eigenvalue weighted by atomic mass is 9.89. The molecule has 0 saturated carbocycles. The molecule has 1 aliphatic rings. The van der Waals surface area contributed by atoms with Crippen molar-refractivity contribution in [2.75, 3.05) is 18.8 Å². The second-order valence-electron chi connectivity index (χ2n) is 7.18. The van der Waals surface area contributed by atoms with Crippen LogP contribution in [-0.2, 0) is 11.3 Å². The second kappa shape index (κ2) is 6.46. The zero-order chi connectivity index (χ0) is 16.4. The summed E-state index contributed by atoms with van der Waals surface area (Å²) in [5, 5.41) is 5.61. The van der Waals surface area contributed by atoms with Crippen LogP contribution in [0.2, 0.25) is 0 Å². The number of nitrogens with two attached hydrogens (primary N) is 1. The molecule has 1 amide bonds. The van der Waals surface area contributed by atoms with E-state index in [1.165, 1.54) is 4.88 Å². The van der Waals surface area contributed by atoms with Crippen LogP contribution in [-0.4, -0.2) is 35.2 Å². The van der Waals surface area contributed by atoms with Crippen LogP contribution >= 0.6 is 11.3 Å². The molecular weight excluding hydrogens is 298 g/mol. The van der Waals surface area contributed by atoms with Crippen molar-refractivity contribution in [1.29, 1.82) is 0 Å². The molecule has 124 valence electrons. The Morgan fingerprint density at radius 1 is 1.45 bits per heavy atom. The maximum Gasteiger partial charge on any atom is 0.410 e. The van der Waals surface area contributed by atoms with Gasteiger partial charge < -0.3 is 20.7 Å². The smallest absolute Gasteiger partial charge is 0.410 e. The predicted octanol–water partition coefficient (Wildman–Crippen LogP) is 3.21. The average molecular weight is 325 g/mol. The minimum Gasteiger partial charge on any atom is -0.444 e. The third-order valence-corrected chi connectivity index (χ3v) is 4.91. The fourth-order valence-corrected chi connectivity index (χ4v) is 3.21.